The molecule has 0 aromatic heterocycles. The molecule has 1 saturated heterocycles. The van der Waals surface area contributed by atoms with E-state index >= 15 is 0 Å². The number of piperidine rings is 1. The van der Waals surface area contributed by atoms with E-state index in [1.54, 1.807) is 18.2 Å². The molecule has 18 heavy (non-hydrogen) atoms. The maximum absolute atomic E-state index is 13.4. The average Bonchev–Trinajstić information content (AvgIpc) is 2.39. The summed E-state index contributed by atoms with van der Waals surface area (Å²) < 4.78 is 37.6. The van der Waals surface area contributed by atoms with Crippen LogP contribution in [0.2, 0.25) is 0 Å². The van der Waals surface area contributed by atoms with Crippen LogP contribution >= 0.6 is 0 Å². The number of hydrogen-bond acceptors (Lipinski definition) is 3. The second kappa shape index (κ2) is 5.80. The monoisotopic (exact) mass is 271 g/mol. The Kier molecular flexibility index (Phi) is 4.35. The van der Waals surface area contributed by atoms with Crippen molar-refractivity contribution in [1.29, 1.82) is 0 Å². The number of hydrogen-bond donors (Lipinski definition) is 1. The first-order valence-electron chi connectivity index (χ1n) is 6.25. The third kappa shape index (κ3) is 3.29. The SMILES string of the molecule is O=S(=O)(CCc1ccccc1F)C1CCNCC1. The van der Waals surface area contributed by atoms with Crippen molar-refractivity contribution >= 4 is 9.84 Å². The summed E-state index contributed by atoms with van der Waals surface area (Å²) in [6.07, 6.45) is 1.60. The summed E-state index contributed by atoms with van der Waals surface area (Å²) in [6, 6.07) is 6.36. The maximum atomic E-state index is 13.4. The lowest BCUT2D eigenvalue weighted by Crippen LogP contribution is -2.37. The first-order valence-corrected chi connectivity index (χ1v) is 7.97. The van der Waals surface area contributed by atoms with E-state index in [1.807, 2.05) is 0 Å². The third-order valence-electron chi connectivity index (χ3n) is 3.41. The molecule has 1 heterocycles. The topological polar surface area (TPSA) is 46.2 Å². The van der Waals surface area contributed by atoms with Crippen LogP contribution in [0.25, 0.3) is 0 Å². The van der Waals surface area contributed by atoms with Crippen molar-refractivity contribution in [2.24, 2.45) is 0 Å². The van der Waals surface area contributed by atoms with Crippen LogP contribution in [0.15, 0.2) is 24.3 Å². The molecule has 0 atom stereocenters. The standard InChI is InChI=1S/C13H18FNO2S/c14-13-4-2-1-3-11(13)7-10-18(16,17)12-5-8-15-9-6-12/h1-4,12,15H,5-10H2. The van der Waals surface area contributed by atoms with E-state index in [0.717, 1.165) is 13.1 Å². The van der Waals surface area contributed by atoms with Gasteiger partial charge in [-0.2, -0.15) is 0 Å². The van der Waals surface area contributed by atoms with Gasteiger partial charge in [-0.3, -0.25) is 0 Å². The van der Waals surface area contributed by atoms with E-state index in [0.29, 0.717) is 18.4 Å². The van der Waals surface area contributed by atoms with Crippen LogP contribution in [0.1, 0.15) is 18.4 Å². The normalized spacial score (nSPS) is 17.8. The lowest BCUT2D eigenvalue weighted by atomic mass is 10.1. The van der Waals surface area contributed by atoms with Gasteiger partial charge in [0, 0.05) is 0 Å². The van der Waals surface area contributed by atoms with Gasteiger partial charge in [0.05, 0.1) is 11.0 Å². The lowest BCUT2D eigenvalue weighted by Gasteiger charge is -2.22. The predicted octanol–water partition coefficient (Wildman–Crippen LogP) is 1.54. The fraction of sp³-hybridized carbons (Fsp3) is 0.538. The van der Waals surface area contributed by atoms with Crippen molar-refractivity contribution in [2.75, 3.05) is 18.8 Å². The highest BCUT2D eigenvalue weighted by molar-refractivity contribution is 7.92. The van der Waals surface area contributed by atoms with Crippen LogP contribution in [0.4, 0.5) is 4.39 Å². The fourth-order valence-electron chi connectivity index (χ4n) is 2.27. The van der Waals surface area contributed by atoms with Crippen molar-refractivity contribution in [2.45, 2.75) is 24.5 Å². The van der Waals surface area contributed by atoms with Crippen molar-refractivity contribution in [3.8, 4) is 0 Å². The molecule has 3 nitrogen and oxygen atoms in total. The zero-order valence-corrected chi connectivity index (χ0v) is 11.0. The highest BCUT2D eigenvalue weighted by atomic mass is 32.2. The molecule has 1 fully saturated rings. The molecule has 0 saturated carbocycles. The Morgan fingerprint density at radius 1 is 1.22 bits per heavy atom. The van der Waals surface area contributed by atoms with Gasteiger partial charge >= 0.3 is 0 Å². The molecule has 0 aliphatic carbocycles. The van der Waals surface area contributed by atoms with Crippen LogP contribution in [0.5, 0.6) is 0 Å². The van der Waals surface area contributed by atoms with Crippen molar-refractivity contribution < 1.29 is 12.8 Å². The number of halogens is 1. The number of rotatable bonds is 4. The van der Waals surface area contributed by atoms with E-state index < -0.39 is 9.84 Å². The van der Waals surface area contributed by atoms with Crippen LogP contribution in [-0.2, 0) is 16.3 Å². The van der Waals surface area contributed by atoms with Gasteiger partial charge in [-0.25, -0.2) is 12.8 Å². The molecule has 1 N–H and O–H groups in total. The van der Waals surface area contributed by atoms with Gasteiger partial charge < -0.3 is 5.32 Å². The van der Waals surface area contributed by atoms with E-state index in [-0.39, 0.29) is 23.2 Å². The van der Waals surface area contributed by atoms with E-state index in [4.69, 9.17) is 0 Å². The molecule has 1 aromatic rings. The second-order valence-electron chi connectivity index (χ2n) is 4.66. The highest BCUT2D eigenvalue weighted by Crippen LogP contribution is 2.16. The molecule has 0 bridgehead atoms. The Morgan fingerprint density at radius 3 is 2.56 bits per heavy atom. The van der Waals surface area contributed by atoms with Crippen LogP contribution < -0.4 is 5.32 Å². The summed E-state index contributed by atoms with van der Waals surface area (Å²) in [5.74, 6) is -0.281. The summed E-state index contributed by atoms with van der Waals surface area (Å²) >= 11 is 0. The largest absolute Gasteiger partial charge is 0.317 e. The smallest absolute Gasteiger partial charge is 0.153 e. The molecule has 2 rings (SSSR count). The number of nitrogens with one attached hydrogen (secondary N) is 1. The van der Waals surface area contributed by atoms with Gasteiger partial charge in [-0.1, -0.05) is 18.2 Å². The van der Waals surface area contributed by atoms with Crippen molar-refractivity contribution in [3.63, 3.8) is 0 Å². The lowest BCUT2D eigenvalue weighted by molar-refractivity contribution is 0.496. The molecule has 1 aliphatic rings. The Balaban J connectivity index is 1.98. The van der Waals surface area contributed by atoms with Crippen LogP contribution in [0, 0.1) is 5.82 Å². The fourth-order valence-corrected chi connectivity index (χ4v) is 4.07. The zero-order chi connectivity index (χ0) is 13.0. The molecule has 1 aliphatic heterocycles. The Bertz CT molecular complexity index is 495. The number of aryl methyl sites for hydroxylation is 1. The average molecular weight is 271 g/mol. The molecule has 1 aromatic carbocycles. The van der Waals surface area contributed by atoms with Gasteiger partial charge in [-0.05, 0) is 44.0 Å². The van der Waals surface area contributed by atoms with E-state index in [2.05, 4.69) is 5.32 Å². The second-order valence-corrected chi connectivity index (χ2v) is 7.06. The van der Waals surface area contributed by atoms with Gasteiger partial charge in [0.2, 0.25) is 0 Å². The summed E-state index contributed by atoms with van der Waals surface area (Å²) in [5.41, 5.74) is 0.481. The molecule has 0 radical (unpaired) electrons. The summed E-state index contributed by atoms with van der Waals surface area (Å²) in [6.45, 7) is 1.51. The highest BCUT2D eigenvalue weighted by Gasteiger charge is 2.26. The molecule has 0 amide bonds. The minimum absolute atomic E-state index is 0.0403. The first-order chi connectivity index (χ1) is 8.59. The summed E-state index contributed by atoms with van der Waals surface area (Å²) in [5, 5.41) is 2.89. The quantitative estimate of drug-likeness (QED) is 0.903. The Labute approximate surface area is 107 Å². The van der Waals surface area contributed by atoms with Gasteiger partial charge in [0.15, 0.2) is 9.84 Å². The molecular weight excluding hydrogens is 253 g/mol. The molecule has 0 spiro atoms. The number of sulfone groups is 1. The first kappa shape index (κ1) is 13.5. The third-order valence-corrected chi connectivity index (χ3v) is 5.67. The molecule has 5 heteroatoms. The molecular formula is C13H18FNO2S. The van der Waals surface area contributed by atoms with Gasteiger partial charge in [0.1, 0.15) is 5.82 Å². The number of benzene rings is 1. The maximum Gasteiger partial charge on any atom is 0.153 e. The minimum Gasteiger partial charge on any atom is -0.317 e. The zero-order valence-electron chi connectivity index (χ0n) is 10.2. The molecule has 0 unspecified atom stereocenters. The Hall–Kier alpha value is -0.940. The van der Waals surface area contributed by atoms with Crippen molar-refractivity contribution in [1.82, 2.24) is 5.32 Å². The summed E-state index contributed by atoms with van der Waals surface area (Å²) in [4.78, 5) is 0. The summed E-state index contributed by atoms with van der Waals surface area (Å²) in [7, 11) is -3.10. The van der Waals surface area contributed by atoms with Crippen molar-refractivity contribution in [3.05, 3.63) is 35.6 Å². The predicted molar refractivity (Wildman–Crippen MR) is 69.8 cm³/mol. The van der Waals surface area contributed by atoms with Gasteiger partial charge in [0.25, 0.3) is 0 Å². The van der Waals surface area contributed by atoms with Crippen LogP contribution in [-0.4, -0.2) is 32.5 Å². The molecule has 100 valence electrons. The Morgan fingerprint density at radius 2 is 1.89 bits per heavy atom. The van der Waals surface area contributed by atoms with E-state index in [1.165, 1.54) is 6.07 Å². The van der Waals surface area contributed by atoms with Crippen LogP contribution in [0.3, 0.4) is 0 Å². The minimum atomic E-state index is -3.10. The van der Waals surface area contributed by atoms with Gasteiger partial charge in [-0.15, -0.1) is 0 Å². The van der Waals surface area contributed by atoms with E-state index in [9.17, 15) is 12.8 Å².